The predicted molar refractivity (Wildman–Crippen MR) is 97.7 cm³/mol. The van der Waals surface area contributed by atoms with Gasteiger partial charge in [-0.25, -0.2) is 0 Å². The molecule has 3 heteroatoms. The summed E-state index contributed by atoms with van der Waals surface area (Å²) < 4.78 is 11.2. The quantitative estimate of drug-likeness (QED) is 0.813. The molecule has 2 saturated heterocycles. The lowest BCUT2D eigenvalue weighted by atomic mass is 9.86. The van der Waals surface area contributed by atoms with Crippen molar-refractivity contribution in [3.63, 3.8) is 0 Å². The van der Waals surface area contributed by atoms with Gasteiger partial charge >= 0.3 is 0 Å². The molecule has 1 spiro atoms. The molecule has 3 nitrogen and oxygen atoms in total. The van der Waals surface area contributed by atoms with Gasteiger partial charge in [0.05, 0.1) is 0 Å². The molecule has 0 saturated carbocycles. The highest BCUT2D eigenvalue weighted by atomic mass is 16.9. The highest BCUT2D eigenvalue weighted by Crippen LogP contribution is 2.39. The molecule has 0 amide bonds. The van der Waals surface area contributed by atoms with Crippen LogP contribution < -0.4 is 0 Å². The van der Waals surface area contributed by atoms with E-state index in [4.69, 9.17) is 9.47 Å². The number of benzene rings is 1. The molecule has 2 heterocycles. The molecule has 1 aromatic carbocycles. The van der Waals surface area contributed by atoms with Crippen molar-refractivity contribution in [2.24, 2.45) is 5.92 Å². The summed E-state index contributed by atoms with van der Waals surface area (Å²) in [7, 11) is 0. The standard InChI is InChI=1S/C21H31NO2/c1-16(14-18-6-8-19(9-7-18)20(3,4)5)15-22-12-10-21(11-13-22)23-17(2)24-21/h6-9,16H,2,10-15H2,1,3-5H3. The number of ether oxygens (including phenoxy) is 2. The van der Waals surface area contributed by atoms with Crippen LogP contribution in [0.25, 0.3) is 0 Å². The van der Waals surface area contributed by atoms with Crippen LogP contribution in [0, 0.1) is 5.92 Å². The molecule has 0 aromatic heterocycles. The summed E-state index contributed by atoms with van der Waals surface area (Å²) >= 11 is 0. The second kappa shape index (κ2) is 6.44. The van der Waals surface area contributed by atoms with Gasteiger partial charge in [-0.15, -0.1) is 0 Å². The van der Waals surface area contributed by atoms with Crippen LogP contribution in [-0.4, -0.2) is 30.3 Å². The molecule has 0 aliphatic carbocycles. The first kappa shape index (κ1) is 17.3. The summed E-state index contributed by atoms with van der Waals surface area (Å²) in [6.45, 7) is 16.0. The second-order valence-corrected chi connectivity index (χ2v) is 8.54. The van der Waals surface area contributed by atoms with Crippen LogP contribution in [0.15, 0.2) is 36.8 Å². The van der Waals surface area contributed by atoms with Gasteiger partial charge in [0.1, 0.15) is 0 Å². The van der Waals surface area contributed by atoms with Gasteiger partial charge in [0.15, 0.2) is 0 Å². The third-order valence-corrected chi connectivity index (χ3v) is 5.19. The molecule has 2 aliphatic heterocycles. The molecule has 1 atom stereocenters. The summed E-state index contributed by atoms with van der Waals surface area (Å²) in [6, 6.07) is 9.16. The van der Waals surface area contributed by atoms with E-state index in [-0.39, 0.29) is 11.2 Å². The molecular formula is C21H31NO2. The summed E-state index contributed by atoms with van der Waals surface area (Å²) in [5.41, 5.74) is 3.07. The van der Waals surface area contributed by atoms with Crippen LogP contribution in [0.4, 0.5) is 0 Å². The number of hydrogen-bond donors (Lipinski definition) is 0. The minimum atomic E-state index is -0.348. The number of hydrogen-bond acceptors (Lipinski definition) is 3. The maximum atomic E-state index is 5.61. The molecule has 0 radical (unpaired) electrons. The van der Waals surface area contributed by atoms with Crippen LogP contribution >= 0.6 is 0 Å². The highest BCUT2D eigenvalue weighted by molar-refractivity contribution is 5.27. The molecule has 24 heavy (non-hydrogen) atoms. The fourth-order valence-corrected chi connectivity index (χ4v) is 3.75. The van der Waals surface area contributed by atoms with Crippen molar-refractivity contribution in [2.45, 2.75) is 58.2 Å². The van der Waals surface area contributed by atoms with E-state index in [1.165, 1.54) is 11.1 Å². The molecular weight excluding hydrogens is 298 g/mol. The Bertz CT molecular complexity index is 567. The Hall–Kier alpha value is -1.48. The molecule has 0 bridgehead atoms. The average Bonchev–Trinajstić information content (AvgIpc) is 2.48. The zero-order valence-corrected chi connectivity index (χ0v) is 15.6. The van der Waals surface area contributed by atoms with E-state index in [9.17, 15) is 0 Å². The van der Waals surface area contributed by atoms with Crippen LogP contribution in [0.5, 0.6) is 0 Å². The van der Waals surface area contributed by atoms with Gasteiger partial charge < -0.3 is 14.4 Å². The Morgan fingerprint density at radius 3 is 2.21 bits per heavy atom. The van der Waals surface area contributed by atoms with Gasteiger partial charge in [-0.3, -0.25) is 0 Å². The molecule has 1 unspecified atom stereocenters. The fraction of sp³-hybridized carbons (Fsp3) is 0.619. The zero-order valence-electron chi connectivity index (χ0n) is 15.6. The molecule has 2 aliphatic rings. The molecule has 2 fully saturated rings. The minimum Gasteiger partial charge on any atom is -0.422 e. The summed E-state index contributed by atoms with van der Waals surface area (Å²) in [4.78, 5) is 2.53. The highest BCUT2D eigenvalue weighted by Gasteiger charge is 2.46. The zero-order chi connectivity index (χ0) is 17.4. The normalized spacial score (nSPS) is 21.8. The van der Waals surface area contributed by atoms with Gasteiger partial charge in [0, 0.05) is 32.5 Å². The van der Waals surface area contributed by atoms with Crippen LogP contribution in [0.3, 0.4) is 0 Å². The average molecular weight is 329 g/mol. The van der Waals surface area contributed by atoms with Crippen molar-refractivity contribution in [1.29, 1.82) is 0 Å². The number of rotatable bonds is 4. The Morgan fingerprint density at radius 1 is 1.12 bits per heavy atom. The second-order valence-electron chi connectivity index (χ2n) is 8.54. The van der Waals surface area contributed by atoms with E-state index < -0.39 is 0 Å². The monoisotopic (exact) mass is 329 g/mol. The summed E-state index contributed by atoms with van der Waals surface area (Å²) in [5, 5.41) is 0. The Morgan fingerprint density at radius 2 is 1.71 bits per heavy atom. The number of piperidine rings is 1. The van der Waals surface area contributed by atoms with Crippen LogP contribution in [-0.2, 0) is 21.3 Å². The van der Waals surface area contributed by atoms with Crippen LogP contribution in [0.2, 0.25) is 0 Å². The number of nitrogens with zero attached hydrogens (tertiary/aromatic N) is 1. The summed E-state index contributed by atoms with van der Waals surface area (Å²) in [5.74, 6) is 0.785. The summed E-state index contributed by atoms with van der Waals surface area (Å²) in [6.07, 6.45) is 3.02. The van der Waals surface area contributed by atoms with E-state index >= 15 is 0 Å². The van der Waals surface area contributed by atoms with E-state index in [2.05, 4.69) is 63.4 Å². The van der Waals surface area contributed by atoms with Crippen molar-refractivity contribution in [1.82, 2.24) is 4.90 Å². The van der Waals surface area contributed by atoms with Crippen LogP contribution in [0.1, 0.15) is 51.7 Å². The topological polar surface area (TPSA) is 21.7 Å². The first-order chi connectivity index (χ1) is 11.3. The van der Waals surface area contributed by atoms with E-state index in [0.29, 0.717) is 11.9 Å². The minimum absolute atomic E-state index is 0.227. The first-order valence-electron chi connectivity index (χ1n) is 9.14. The van der Waals surface area contributed by atoms with Crippen molar-refractivity contribution < 1.29 is 9.47 Å². The maximum absolute atomic E-state index is 5.61. The van der Waals surface area contributed by atoms with Crippen molar-refractivity contribution in [2.75, 3.05) is 19.6 Å². The third kappa shape index (κ3) is 3.94. The lowest BCUT2D eigenvalue weighted by Crippen LogP contribution is -2.53. The number of likely N-dealkylation sites (tertiary alicyclic amines) is 1. The largest absolute Gasteiger partial charge is 0.422 e. The van der Waals surface area contributed by atoms with E-state index in [1.807, 2.05) is 0 Å². The Kier molecular flexibility index (Phi) is 4.65. The first-order valence-corrected chi connectivity index (χ1v) is 9.14. The fourth-order valence-electron chi connectivity index (χ4n) is 3.75. The predicted octanol–water partition coefficient (Wildman–Crippen LogP) is 4.47. The lowest BCUT2D eigenvalue weighted by molar-refractivity contribution is -0.347. The molecule has 0 N–H and O–H groups in total. The maximum Gasteiger partial charge on any atom is 0.278 e. The van der Waals surface area contributed by atoms with Gasteiger partial charge in [-0.1, -0.05) is 52.0 Å². The van der Waals surface area contributed by atoms with E-state index in [1.54, 1.807) is 0 Å². The van der Waals surface area contributed by atoms with Gasteiger partial charge in [0.25, 0.3) is 11.7 Å². The third-order valence-electron chi connectivity index (χ3n) is 5.19. The van der Waals surface area contributed by atoms with Crippen molar-refractivity contribution >= 4 is 0 Å². The SMILES string of the molecule is C=C1OC2(CCN(CC(C)Cc3ccc(C(C)(C)C)cc3)CC2)O1. The van der Waals surface area contributed by atoms with Gasteiger partial charge in [0.2, 0.25) is 0 Å². The molecule has 132 valence electrons. The lowest BCUT2D eigenvalue weighted by Gasteiger charge is -2.48. The Balaban J connectivity index is 1.46. The van der Waals surface area contributed by atoms with Crippen molar-refractivity contribution in [3.8, 4) is 0 Å². The van der Waals surface area contributed by atoms with Crippen molar-refractivity contribution in [3.05, 3.63) is 47.9 Å². The molecule has 3 rings (SSSR count). The molecule has 1 aromatic rings. The Labute approximate surface area is 146 Å². The van der Waals surface area contributed by atoms with E-state index in [0.717, 1.165) is 38.9 Å². The van der Waals surface area contributed by atoms with Gasteiger partial charge in [-0.05, 0) is 35.5 Å². The van der Waals surface area contributed by atoms with Gasteiger partial charge in [-0.2, -0.15) is 0 Å². The smallest absolute Gasteiger partial charge is 0.278 e.